The number of H-pyrrole nitrogens is 1. The zero-order chi connectivity index (χ0) is 21.4. The first-order valence-electron chi connectivity index (χ1n) is 10.8. The lowest BCUT2D eigenvalue weighted by molar-refractivity contribution is -0.136. The van der Waals surface area contributed by atoms with Gasteiger partial charge in [0.25, 0.3) is 0 Å². The number of alkyl halides is 3. The molecule has 0 unspecified atom stereocenters. The highest BCUT2D eigenvalue weighted by molar-refractivity contribution is 5.84. The van der Waals surface area contributed by atoms with Crippen molar-refractivity contribution in [3.8, 4) is 11.3 Å². The van der Waals surface area contributed by atoms with Gasteiger partial charge in [0.15, 0.2) is 0 Å². The van der Waals surface area contributed by atoms with Gasteiger partial charge in [0, 0.05) is 43.1 Å². The molecular formula is C23H25F3N4O. The number of hydrogen-bond donors (Lipinski definition) is 1. The van der Waals surface area contributed by atoms with Crippen molar-refractivity contribution in [2.75, 3.05) is 26.3 Å². The SMILES string of the molecule is FC(F)(F)c1c[nH]c2ncc(-c3ccc(C4CCOCC4)c(CN4CCCC4)n3)cc12. The molecule has 0 amide bonds. The molecule has 31 heavy (non-hydrogen) atoms. The van der Waals surface area contributed by atoms with E-state index in [9.17, 15) is 13.2 Å². The third-order valence-electron chi connectivity index (χ3n) is 6.37. The number of fused-ring (bicyclic) bond motifs is 1. The van der Waals surface area contributed by atoms with E-state index in [1.165, 1.54) is 24.5 Å². The maximum absolute atomic E-state index is 13.4. The highest BCUT2D eigenvalue weighted by atomic mass is 19.4. The number of rotatable bonds is 4. The Bertz CT molecular complexity index is 1070. The standard InChI is InChI=1S/C23H25F3N4O/c24-23(25,26)19-13-28-22-18(19)11-16(12-27-22)20-4-3-17(15-5-9-31-10-6-15)21(29-20)14-30-7-1-2-8-30/h3-4,11-13,15H,1-2,5-10,14H2,(H,27,28). The van der Waals surface area contributed by atoms with Gasteiger partial charge in [-0.25, -0.2) is 4.98 Å². The molecule has 3 aromatic heterocycles. The van der Waals surface area contributed by atoms with Crippen LogP contribution in [0.15, 0.2) is 30.6 Å². The lowest BCUT2D eigenvalue weighted by Gasteiger charge is -2.26. The normalized spacial score (nSPS) is 18.8. The molecule has 0 spiro atoms. The maximum Gasteiger partial charge on any atom is 0.418 e. The zero-order valence-electron chi connectivity index (χ0n) is 17.2. The minimum absolute atomic E-state index is 0.0707. The molecule has 5 nitrogen and oxygen atoms in total. The van der Waals surface area contributed by atoms with E-state index in [2.05, 4.69) is 20.9 Å². The van der Waals surface area contributed by atoms with Crippen LogP contribution in [0.3, 0.4) is 0 Å². The second kappa shape index (κ2) is 8.24. The number of halogens is 3. The van der Waals surface area contributed by atoms with Gasteiger partial charge in [-0.05, 0) is 62.4 Å². The average Bonchev–Trinajstić information content (AvgIpc) is 3.43. The van der Waals surface area contributed by atoms with Gasteiger partial charge in [0.1, 0.15) is 5.65 Å². The van der Waals surface area contributed by atoms with Crippen LogP contribution in [0, 0.1) is 0 Å². The van der Waals surface area contributed by atoms with Crippen LogP contribution >= 0.6 is 0 Å². The smallest absolute Gasteiger partial charge is 0.381 e. The number of nitrogens with one attached hydrogen (secondary N) is 1. The molecule has 2 saturated heterocycles. The lowest BCUT2D eigenvalue weighted by atomic mass is 9.90. The zero-order valence-corrected chi connectivity index (χ0v) is 17.2. The Morgan fingerprint density at radius 3 is 2.65 bits per heavy atom. The fourth-order valence-electron chi connectivity index (χ4n) is 4.71. The Kier molecular flexibility index (Phi) is 5.44. The van der Waals surface area contributed by atoms with Crippen LogP contribution in [-0.2, 0) is 17.5 Å². The van der Waals surface area contributed by atoms with E-state index < -0.39 is 11.7 Å². The first kappa shape index (κ1) is 20.5. The summed E-state index contributed by atoms with van der Waals surface area (Å²) < 4.78 is 45.6. The van der Waals surface area contributed by atoms with Gasteiger partial charge in [-0.3, -0.25) is 9.88 Å². The van der Waals surface area contributed by atoms with Crippen molar-refractivity contribution >= 4 is 11.0 Å². The lowest BCUT2D eigenvalue weighted by Crippen LogP contribution is -2.22. The fraction of sp³-hybridized carbons (Fsp3) is 0.478. The van der Waals surface area contributed by atoms with Crippen LogP contribution < -0.4 is 0 Å². The summed E-state index contributed by atoms with van der Waals surface area (Å²) in [6, 6.07) is 5.56. The van der Waals surface area contributed by atoms with Gasteiger partial charge in [0.05, 0.1) is 17.0 Å². The van der Waals surface area contributed by atoms with Gasteiger partial charge < -0.3 is 9.72 Å². The van der Waals surface area contributed by atoms with E-state index in [0.717, 1.165) is 57.6 Å². The monoisotopic (exact) mass is 430 g/mol. The van der Waals surface area contributed by atoms with E-state index in [1.807, 2.05) is 6.07 Å². The van der Waals surface area contributed by atoms with Crippen LogP contribution in [0.1, 0.15) is 48.4 Å². The molecule has 2 aliphatic heterocycles. The summed E-state index contributed by atoms with van der Waals surface area (Å²) in [5, 5.41) is 0.0707. The number of pyridine rings is 2. The van der Waals surface area contributed by atoms with Gasteiger partial charge >= 0.3 is 6.18 Å². The van der Waals surface area contributed by atoms with Crippen LogP contribution in [0.2, 0.25) is 0 Å². The molecule has 1 N–H and O–H groups in total. The van der Waals surface area contributed by atoms with E-state index in [4.69, 9.17) is 9.72 Å². The molecular weight excluding hydrogens is 405 g/mol. The summed E-state index contributed by atoms with van der Waals surface area (Å²) in [7, 11) is 0. The van der Waals surface area contributed by atoms with Crippen molar-refractivity contribution in [1.29, 1.82) is 0 Å². The van der Waals surface area contributed by atoms with E-state index >= 15 is 0 Å². The Morgan fingerprint density at radius 1 is 1.13 bits per heavy atom. The van der Waals surface area contributed by atoms with Crippen molar-refractivity contribution in [3.63, 3.8) is 0 Å². The van der Waals surface area contributed by atoms with E-state index in [1.54, 1.807) is 6.20 Å². The van der Waals surface area contributed by atoms with Gasteiger partial charge in [-0.15, -0.1) is 0 Å². The van der Waals surface area contributed by atoms with Crippen molar-refractivity contribution in [3.05, 3.63) is 47.4 Å². The summed E-state index contributed by atoms with van der Waals surface area (Å²) in [5.41, 5.74) is 3.05. The molecule has 0 atom stereocenters. The molecule has 5 heterocycles. The van der Waals surface area contributed by atoms with E-state index in [-0.39, 0.29) is 11.0 Å². The van der Waals surface area contributed by atoms with Crippen molar-refractivity contribution in [2.24, 2.45) is 0 Å². The summed E-state index contributed by atoms with van der Waals surface area (Å²) in [6.07, 6.45) is 2.47. The Hall–Kier alpha value is -2.45. The first-order valence-corrected chi connectivity index (χ1v) is 10.8. The molecule has 8 heteroatoms. The highest BCUT2D eigenvalue weighted by Gasteiger charge is 2.34. The molecule has 2 fully saturated rings. The number of ether oxygens (including phenoxy) is 1. The van der Waals surface area contributed by atoms with Crippen LogP contribution in [-0.4, -0.2) is 46.2 Å². The molecule has 0 radical (unpaired) electrons. The predicted molar refractivity (Wildman–Crippen MR) is 112 cm³/mol. The summed E-state index contributed by atoms with van der Waals surface area (Å²) in [4.78, 5) is 14.2. The quantitative estimate of drug-likeness (QED) is 0.623. The molecule has 3 aromatic rings. The maximum atomic E-state index is 13.4. The molecule has 164 valence electrons. The molecule has 2 aliphatic rings. The topological polar surface area (TPSA) is 54.0 Å². The van der Waals surface area contributed by atoms with Crippen molar-refractivity contribution < 1.29 is 17.9 Å². The van der Waals surface area contributed by atoms with Crippen LogP contribution in [0.4, 0.5) is 13.2 Å². The number of aromatic amines is 1. The minimum atomic E-state index is -4.43. The molecule has 0 aliphatic carbocycles. The van der Waals surface area contributed by atoms with Crippen LogP contribution in [0.5, 0.6) is 0 Å². The Morgan fingerprint density at radius 2 is 1.90 bits per heavy atom. The predicted octanol–water partition coefficient (Wildman–Crippen LogP) is 5.13. The average molecular weight is 430 g/mol. The second-order valence-corrected chi connectivity index (χ2v) is 8.42. The van der Waals surface area contributed by atoms with Crippen LogP contribution in [0.25, 0.3) is 22.3 Å². The summed E-state index contributed by atoms with van der Waals surface area (Å²) in [5.74, 6) is 0.412. The molecule has 0 bridgehead atoms. The number of likely N-dealkylation sites (tertiary alicyclic amines) is 1. The van der Waals surface area contributed by atoms with Gasteiger partial charge in [-0.1, -0.05) is 6.07 Å². The number of aromatic nitrogens is 3. The Labute approximate surface area is 178 Å². The largest absolute Gasteiger partial charge is 0.418 e. The van der Waals surface area contributed by atoms with Crippen molar-refractivity contribution in [2.45, 2.75) is 44.3 Å². The second-order valence-electron chi connectivity index (χ2n) is 8.42. The summed E-state index contributed by atoms with van der Waals surface area (Å²) in [6.45, 7) is 4.40. The third-order valence-corrected chi connectivity index (χ3v) is 6.37. The first-order chi connectivity index (χ1) is 15.0. The summed E-state index contributed by atoms with van der Waals surface area (Å²) >= 11 is 0. The fourth-order valence-corrected chi connectivity index (χ4v) is 4.71. The minimum Gasteiger partial charge on any atom is -0.381 e. The number of hydrogen-bond acceptors (Lipinski definition) is 4. The third kappa shape index (κ3) is 4.19. The molecule has 0 aromatic carbocycles. The number of nitrogens with zero attached hydrogens (tertiary/aromatic N) is 3. The molecule has 0 saturated carbocycles. The van der Waals surface area contributed by atoms with Gasteiger partial charge in [0.2, 0.25) is 0 Å². The van der Waals surface area contributed by atoms with E-state index in [0.29, 0.717) is 17.2 Å². The highest BCUT2D eigenvalue weighted by Crippen LogP contribution is 2.36. The van der Waals surface area contributed by atoms with Gasteiger partial charge in [-0.2, -0.15) is 13.2 Å². The Balaban J connectivity index is 1.54. The van der Waals surface area contributed by atoms with Crippen molar-refractivity contribution in [1.82, 2.24) is 19.9 Å². The molecule has 5 rings (SSSR count).